The minimum absolute atomic E-state index is 0.430. The molecule has 0 aliphatic heterocycles. The molecule has 2 aromatic rings. The Hall–Kier alpha value is -1.82. The number of unbranched alkanes of at least 4 members (excludes halogenated alkanes) is 1. The lowest BCUT2D eigenvalue weighted by molar-refractivity contribution is 0.136. The van der Waals surface area contributed by atoms with Crippen LogP contribution in [0, 0.1) is 5.92 Å². The molecular formula is C18H26N2O3S. The molecule has 0 saturated carbocycles. The van der Waals surface area contributed by atoms with Crippen molar-refractivity contribution >= 4 is 32.8 Å². The number of nitrogens with zero attached hydrogens (tertiary/aromatic N) is 1. The number of amides is 1. The van der Waals surface area contributed by atoms with Crippen LogP contribution in [-0.4, -0.2) is 24.3 Å². The summed E-state index contributed by atoms with van der Waals surface area (Å²) in [5, 5.41) is 3.27. The molecule has 1 aromatic carbocycles. The van der Waals surface area contributed by atoms with Crippen molar-refractivity contribution in [1.82, 2.24) is 4.98 Å². The number of ether oxygens (including phenoxy) is 2. The second kappa shape index (κ2) is 9.47. The molecule has 5 nitrogen and oxygen atoms in total. The fraction of sp³-hybridized carbons (Fsp3) is 0.556. The average molecular weight is 350 g/mol. The van der Waals surface area contributed by atoms with E-state index < -0.39 is 6.09 Å². The summed E-state index contributed by atoms with van der Waals surface area (Å²) in [6.45, 7) is 7.33. The highest BCUT2D eigenvalue weighted by molar-refractivity contribution is 7.22. The number of rotatable bonds is 9. The van der Waals surface area contributed by atoms with Gasteiger partial charge in [-0.3, -0.25) is 5.32 Å². The molecule has 0 saturated heterocycles. The Labute approximate surface area is 147 Å². The van der Waals surface area contributed by atoms with Gasteiger partial charge < -0.3 is 9.47 Å². The highest BCUT2D eigenvalue weighted by Gasteiger charge is 2.12. The van der Waals surface area contributed by atoms with Crippen LogP contribution in [0.4, 0.5) is 9.93 Å². The van der Waals surface area contributed by atoms with Gasteiger partial charge in [-0.15, -0.1) is 0 Å². The van der Waals surface area contributed by atoms with Gasteiger partial charge in [0.05, 0.1) is 23.4 Å². The third kappa shape index (κ3) is 5.37. The Morgan fingerprint density at radius 1 is 1.33 bits per heavy atom. The summed E-state index contributed by atoms with van der Waals surface area (Å²) in [5.41, 5.74) is 0.841. The highest BCUT2D eigenvalue weighted by Crippen LogP contribution is 2.29. The van der Waals surface area contributed by atoms with Crippen LogP contribution >= 0.6 is 11.3 Å². The summed E-state index contributed by atoms with van der Waals surface area (Å²) in [6.07, 6.45) is 4.02. The molecule has 0 spiro atoms. The maximum absolute atomic E-state index is 12.0. The molecule has 0 radical (unpaired) electrons. The SMILES string of the molecule is CCCCC(CC)COC(=O)Nc1nc2ccc(OCC)cc2s1. The minimum atomic E-state index is -0.436. The summed E-state index contributed by atoms with van der Waals surface area (Å²) >= 11 is 1.42. The molecule has 132 valence electrons. The molecule has 0 aliphatic carbocycles. The van der Waals surface area contributed by atoms with Crippen LogP contribution in [0.2, 0.25) is 0 Å². The summed E-state index contributed by atoms with van der Waals surface area (Å²) < 4.78 is 11.8. The van der Waals surface area contributed by atoms with E-state index in [0.29, 0.717) is 24.3 Å². The van der Waals surface area contributed by atoms with E-state index in [1.54, 1.807) is 0 Å². The van der Waals surface area contributed by atoms with E-state index in [4.69, 9.17) is 9.47 Å². The average Bonchev–Trinajstić information content (AvgIpc) is 2.96. The van der Waals surface area contributed by atoms with Crippen LogP contribution in [0.3, 0.4) is 0 Å². The first-order valence-electron chi connectivity index (χ1n) is 8.63. The molecule has 1 aromatic heterocycles. The number of hydrogen-bond donors (Lipinski definition) is 1. The Morgan fingerprint density at radius 2 is 2.17 bits per heavy atom. The fourth-order valence-corrected chi connectivity index (χ4v) is 3.31. The van der Waals surface area contributed by atoms with Crippen LogP contribution in [0.15, 0.2) is 18.2 Å². The Bertz CT molecular complexity index is 657. The van der Waals surface area contributed by atoms with E-state index in [1.165, 1.54) is 17.8 Å². The largest absolute Gasteiger partial charge is 0.494 e. The van der Waals surface area contributed by atoms with Crippen LogP contribution in [-0.2, 0) is 4.74 Å². The number of fused-ring (bicyclic) bond motifs is 1. The van der Waals surface area contributed by atoms with Crippen molar-refractivity contribution in [3.8, 4) is 5.75 Å². The van der Waals surface area contributed by atoms with Gasteiger partial charge in [-0.05, 0) is 37.5 Å². The van der Waals surface area contributed by atoms with E-state index in [-0.39, 0.29) is 0 Å². The maximum atomic E-state index is 12.0. The van der Waals surface area contributed by atoms with Gasteiger partial charge in [0.15, 0.2) is 5.13 Å². The van der Waals surface area contributed by atoms with Crippen molar-refractivity contribution in [1.29, 1.82) is 0 Å². The second-order valence-electron chi connectivity index (χ2n) is 5.72. The molecular weight excluding hydrogens is 324 g/mol. The van der Waals surface area contributed by atoms with Gasteiger partial charge >= 0.3 is 6.09 Å². The summed E-state index contributed by atoms with van der Waals surface area (Å²) in [6, 6.07) is 5.71. The molecule has 1 atom stereocenters. The molecule has 0 bridgehead atoms. The zero-order valence-corrected chi connectivity index (χ0v) is 15.4. The van der Waals surface area contributed by atoms with Crippen molar-refractivity contribution in [2.75, 3.05) is 18.5 Å². The molecule has 0 fully saturated rings. The van der Waals surface area contributed by atoms with E-state index in [1.807, 2.05) is 25.1 Å². The number of thiazole rings is 1. The Morgan fingerprint density at radius 3 is 2.88 bits per heavy atom. The van der Waals surface area contributed by atoms with Gasteiger partial charge in [-0.25, -0.2) is 9.78 Å². The van der Waals surface area contributed by atoms with E-state index in [9.17, 15) is 4.79 Å². The highest BCUT2D eigenvalue weighted by atomic mass is 32.1. The van der Waals surface area contributed by atoms with Crippen LogP contribution in [0.5, 0.6) is 5.75 Å². The number of carbonyl (C=O) groups is 1. The first-order chi connectivity index (χ1) is 11.7. The van der Waals surface area contributed by atoms with Crippen molar-refractivity contribution in [3.05, 3.63) is 18.2 Å². The van der Waals surface area contributed by atoms with Gasteiger partial charge in [-0.2, -0.15) is 0 Å². The predicted molar refractivity (Wildman–Crippen MR) is 99.1 cm³/mol. The Balaban J connectivity index is 1.90. The number of benzene rings is 1. The van der Waals surface area contributed by atoms with Gasteiger partial charge in [0.2, 0.25) is 0 Å². The number of anilines is 1. The monoisotopic (exact) mass is 350 g/mol. The topological polar surface area (TPSA) is 60.5 Å². The van der Waals surface area contributed by atoms with Gasteiger partial charge in [0, 0.05) is 0 Å². The summed E-state index contributed by atoms with van der Waals surface area (Å²) in [5.74, 6) is 1.24. The molecule has 0 aliphatic rings. The molecule has 1 amide bonds. The standard InChI is InChI=1S/C18H26N2O3S/c1-4-7-8-13(5-2)12-23-18(21)20-17-19-15-10-9-14(22-6-3)11-16(15)24-17/h9-11,13H,4-8,12H2,1-3H3,(H,19,20,21). The lowest BCUT2D eigenvalue weighted by atomic mass is 10.0. The predicted octanol–water partition coefficient (Wildman–Crippen LogP) is 5.46. The first-order valence-corrected chi connectivity index (χ1v) is 9.45. The smallest absolute Gasteiger partial charge is 0.413 e. The number of aromatic nitrogens is 1. The zero-order valence-electron chi connectivity index (χ0n) is 14.6. The van der Waals surface area contributed by atoms with Crippen molar-refractivity contribution in [2.24, 2.45) is 5.92 Å². The first kappa shape index (κ1) is 18.5. The van der Waals surface area contributed by atoms with Crippen LogP contribution in [0.1, 0.15) is 46.5 Å². The van der Waals surface area contributed by atoms with Crippen LogP contribution in [0.25, 0.3) is 10.2 Å². The lowest BCUT2D eigenvalue weighted by Crippen LogP contribution is -2.18. The van der Waals surface area contributed by atoms with Crippen LogP contribution < -0.4 is 10.1 Å². The Kier molecular flexibility index (Phi) is 7.31. The number of carbonyl (C=O) groups excluding carboxylic acids is 1. The molecule has 24 heavy (non-hydrogen) atoms. The fourth-order valence-electron chi connectivity index (χ4n) is 2.43. The van der Waals surface area contributed by atoms with Crippen molar-refractivity contribution in [2.45, 2.75) is 46.5 Å². The van der Waals surface area contributed by atoms with Gasteiger partial charge in [-0.1, -0.05) is 44.4 Å². The lowest BCUT2D eigenvalue weighted by Gasteiger charge is -2.14. The third-order valence-electron chi connectivity index (χ3n) is 3.87. The van der Waals surface area contributed by atoms with Crippen molar-refractivity contribution < 1.29 is 14.3 Å². The number of hydrogen-bond acceptors (Lipinski definition) is 5. The quantitative estimate of drug-likeness (QED) is 0.652. The van der Waals surface area contributed by atoms with Crippen molar-refractivity contribution in [3.63, 3.8) is 0 Å². The summed E-state index contributed by atoms with van der Waals surface area (Å²) in [7, 11) is 0. The van der Waals surface area contributed by atoms with E-state index in [0.717, 1.165) is 35.2 Å². The molecule has 1 heterocycles. The van der Waals surface area contributed by atoms with E-state index >= 15 is 0 Å². The zero-order chi connectivity index (χ0) is 17.4. The second-order valence-corrected chi connectivity index (χ2v) is 6.75. The van der Waals surface area contributed by atoms with Gasteiger partial charge in [0.25, 0.3) is 0 Å². The van der Waals surface area contributed by atoms with E-state index in [2.05, 4.69) is 24.1 Å². The maximum Gasteiger partial charge on any atom is 0.413 e. The molecule has 6 heteroatoms. The summed E-state index contributed by atoms with van der Waals surface area (Å²) in [4.78, 5) is 16.4. The number of nitrogens with one attached hydrogen (secondary N) is 1. The molecule has 1 N–H and O–H groups in total. The minimum Gasteiger partial charge on any atom is -0.494 e. The molecule has 2 rings (SSSR count). The third-order valence-corrected chi connectivity index (χ3v) is 4.81. The van der Waals surface area contributed by atoms with Gasteiger partial charge in [0.1, 0.15) is 5.75 Å². The molecule has 1 unspecified atom stereocenters. The normalized spacial score (nSPS) is 12.1.